The molecule has 1 aromatic carbocycles. The zero-order chi connectivity index (χ0) is 22.0. The van der Waals surface area contributed by atoms with E-state index in [1.165, 1.54) is 6.92 Å². The van der Waals surface area contributed by atoms with Gasteiger partial charge in [0.1, 0.15) is 17.4 Å². The smallest absolute Gasteiger partial charge is 0.271 e. The Balaban J connectivity index is 1.95. The Kier molecular flexibility index (Phi) is 6.28. The van der Waals surface area contributed by atoms with Crippen LogP contribution in [0.4, 0.5) is 0 Å². The molecule has 7 nitrogen and oxygen atoms in total. The number of Topliss-reactive ketones (excluding diaryl/α,β-unsaturated/α-hetero) is 1. The van der Waals surface area contributed by atoms with Crippen LogP contribution < -0.4 is 10.3 Å². The maximum absolute atomic E-state index is 13.0. The van der Waals surface area contributed by atoms with Gasteiger partial charge in [-0.1, -0.05) is 17.7 Å². The van der Waals surface area contributed by atoms with Gasteiger partial charge in [-0.3, -0.25) is 14.2 Å². The minimum absolute atomic E-state index is 0.0634. The van der Waals surface area contributed by atoms with Crippen LogP contribution in [-0.4, -0.2) is 34.8 Å². The highest BCUT2D eigenvalue weighted by atomic mass is 16.5. The Morgan fingerprint density at radius 3 is 2.53 bits per heavy atom. The molecule has 158 valence electrons. The molecule has 1 N–H and O–H groups in total. The quantitative estimate of drug-likeness (QED) is 0.735. The molecule has 1 atom stereocenters. The van der Waals surface area contributed by atoms with E-state index in [4.69, 9.17) is 9.47 Å². The van der Waals surface area contributed by atoms with Gasteiger partial charge in [0, 0.05) is 6.61 Å². The summed E-state index contributed by atoms with van der Waals surface area (Å²) >= 11 is 0. The van der Waals surface area contributed by atoms with Crippen molar-refractivity contribution < 1.29 is 19.4 Å². The Morgan fingerprint density at radius 1 is 1.30 bits per heavy atom. The Hall–Kier alpha value is -3.11. The minimum Gasteiger partial charge on any atom is -0.494 e. The van der Waals surface area contributed by atoms with Gasteiger partial charge in [-0.2, -0.15) is 5.26 Å². The number of ketones is 1. The molecule has 1 saturated heterocycles. The molecule has 7 heteroatoms. The van der Waals surface area contributed by atoms with Gasteiger partial charge in [0.2, 0.25) is 11.7 Å². The van der Waals surface area contributed by atoms with Crippen molar-refractivity contribution in [3.05, 3.63) is 55.9 Å². The van der Waals surface area contributed by atoms with Crippen LogP contribution in [-0.2, 0) is 11.3 Å². The van der Waals surface area contributed by atoms with Crippen LogP contribution in [0.15, 0.2) is 16.9 Å². The lowest BCUT2D eigenvalue weighted by Crippen LogP contribution is -2.31. The van der Waals surface area contributed by atoms with Gasteiger partial charge in [-0.15, -0.1) is 0 Å². The first-order valence-electron chi connectivity index (χ1n) is 9.96. The summed E-state index contributed by atoms with van der Waals surface area (Å²) in [6, 6.07) is 5.80. The lowest BCUT2D eigenvalue weighted by atomic mass is 10.0. The summed E-state index contributed by atoms with van der Waals surface area (Å²) in [6.45, 7) is 7.64. The number of aromatic nitrogens is 1. The number of nitriles is 1. The predicted octanol–water partition coefficient (Wildman–Crippen LogP) is 3.10. The summed E-state index contributed by atoms with van der Waals surface area (Å²) < 4.78 is 12.4. The second kappa shape index (κ2) is 8.72. The van der Waals surface area contributed by atoms with Crippen LogP contribution in [0.3, 0.4) is 0 Å². The van der Waals surface area contributed by atoms with E-state index in [1.807, 2.05) is 39.0 Å². The van der Waals surface area contributed by atoms with Crippen molar-refractivity contribution in [1.29, 1.82) is 5.26 Å². The SMILES string of the molecule is Cc1cc(C)c(OCC(=O)c2c(C)c(C#N)c(=O)n(CC3CCCO3)c2O)c(C)c1. The molecule has 1 aromatic heterocycles. The summed E-state index contributed by atoms with van der Waals surface area (Å²) in [5.74, 6) is -0.334. The van der Waals surface area contributed by atoms with E-state index < -0.39 is 17.2 Å². The van der Waals surface area contributed by atoms with Crippen molar-refractivity contribution in [2.45, 2.75) is 53.2 Å². The number of carbonyl (C=O) groups is 1. The number of aromatic hydroxyl groups is 1. The van der Waals surface area contributed by atoms with Crippen LogP contribution in [0.5, 0.6) is 11.6 Å². The van der Waals surface area contributed by atoms with Crippen molar-refractivity contribution in [3.63, 3.8) is 0 Å². The van der Waals surface area contributed by atoms with Crippen molar-refractivity contribution in [2.75, 3.05) is 13.2 Å². The van der Waals surface area contributed by atoms with Gasteiger partial charge in [-0.05, 0) is 57.2 Å². The maximum atomic E-state index is 13.0. The molecule has 0 amide bonds. The average Bonchev–Trinajstić information content (AvgIpc) is 3.18. The topological polar surface area (TPSA) is 102 Å². The number of hydrogen-bond donors (Lipinski definition) is 1. The number of rotatable bonds is 6. The molecule has 1 aliphatic rings. The fourth-order valence-corrected chi connectivity index (χ4v) is 4.05. The van der Waals surface area contributed by atoms with Crippen LogP contribution >= 0.6 is 0 Å². The van der Waals surface area contributed by atoms with Crippen LogP contribution in [0.25, 0.3) is 0 Å². The molecule has 2 heterocycles. The van der Waals surface area contributed by atoms with Gasteiger partial charge in [0.15, 0.2) is 6.61 Å². The van der Waals surface area contributed by atoms with E-state index in [2.05, 4.69) is 0 Å². The van der Waals surface area contributed by atoms with E-state index in [9.17, 15) is 20.0 Å². The molecule has 3 rings (SSSR count). The van der Waals surface area contributed by atoms with Gasteiger partial charge in [0.05, 0.1) is 18.2 Å². The first kappa shape index (κ1) is 21.6. The van der Waals surface area contributed by atoms with E-state index >= 15 is 0 Å². The monoisotopic (exact) mass is 410 g/mol. The summed E-state index contributed by atoms with van der Waals surface area (Å²) in [7, 11) is 0. The van der Waals surface area contributed by atoms with Gasteiger partial charge in [0.25, 0.3) is 5.56 Å². The zero-order valence-electron chi connectivity index (χ0n) is 17.7. The molecule has 0 spiro atoms. The lowest BCUT2D eigenvalue weighted by molar-refractivity contribution is 0.0893. The Morgan fingerprint density at radius 2 is 1.97 bits per heavy atom. The molecule has 1 fully saturated rings. The third-order valence-electron chi connectivity index (χ3n) is 5.44. The molecule has 1 aliphatic heterocycles. The second-order valence-corrected chi connectivity index (χ2v) is 7.80. The average molecular weight is 410 g/mol. The van der Waals surface area contributed by atoms with Crippen molar-refractivity contribution in [3.8, 4) is 17.7 Å². The molecule has 0 aliphatic carbocycles. The molecule has 2 aromatic rings. The second-order valence-electron chi connectivity index (χ2n) is 7.80. The summed E-state index contributed by atoms with van der Waals surface area (Å²) in [6.07, 6.45) is 1.38. The van der Waals surface area contributed by atoms with Crippen molar-refractivity contribution in [2.24, 2.45) is 0 Å². The lowest BCUT2D eigenvalue weighted by Gasteiger charge is -2.18. The molecule has 0 bridgehead atoms. The summed E-state index contributed by atoms with van der Waals surface area (Å²) in [5, 5.41) is 20.2. The van der Waals surface area contributed by atoms with Gasteiger partial charge < -0.3 is 14.6 Å². The first-order chi connectivity index (χ1) is 14.2. The van der Waals surface area contributed by atoms with Gasteiger partial charge >= 0.3 is 0 Å². The third kappa shape index (κ3) is 4.10. The van der Waals surface area contributed by atoms with Crippen molar-refractivity contribution in [1.82, 2.24) is 4.57 Å². The number of pyridine rings is 1. The number of hydrogen-bond acceptors (Lipinski definition) is 6. The van der Waals surface area contributed by atoms with Crippen LogP contribution in [0.2, 0.25) is 0 Å². The normalized spacial score (nSPS) is 15.8. The number of ether oxygens (including phenoxy) is 2. The predicted molar refractivity (Wildman–Crippen MR) is 111 cm³/mol. The molecular formula is C23H26N2O5. The fraction of sp³-hybridized carbons (Fsp3) is 0.435. The summed E-state index contributed by atoms with van der Waals surface area (Å²) in [5.41, 5.74) is 2.23. The molecule has 0 saturated carbocycles. The molecule has 0 radical (unpaired) electrons. The van der Waals surface area contributed by atoms with E-state index in [0.717, 1.165) is 34.1 Å². The first-order valence-corrected chi connectivity index (χ1v) is 9.96. The van der Waals surface area contributed by atoms with Crippen LogP contribution in [0, 0.1) is 39.0 Å². The molecule has 1 unspecified atom stereocenters. The number of carbonyl (C=O) groups excluding carboxylic acids is 1. The van der Waals surface area contributed by atoms with E-state index in [1.54, 1.807) is 0 Å². The largest absolute Gasteiger partial charge is 0.494 e. The maximum Gasteiger partial charge on any atom is 0.271 e. The number of aryl methyl sites for hydroxylation is 3. The fourth-order valence-electron chi connectivity index (χ4n) is 4.05. The van der Waals surface area contributed by atoms with Gasteiger partial charge in [-0.25, -0.2) is 0 Å². The number of benzene rings is 1. The van der Waals surface area contributed by atoms with E-state index in [0.29, 0.717) is 12.4 Å². The Bertz CT molecular complexity index is 1070. The highest BCUT2D eigenvalue weighted by Crippen LogP contribution is 2.27. The Labute approximate surface area is 175 Å². The van der Waals surface area contributed by atoms with Crippen molar-refractivity contribution >= 4 is 5.78 Å². The molecular weight excluding hydrogens is 384 g/mol. The number of nitrogens with zero attached hydrogens (tertiary/aromatic N) is 2. The van der Waals surface area contributed by atoms with E-state index in [-0.39, 0.29) is 35.9 Å². The minimum atomic E-state index is -0.620. The zero-order valence-corrected chi connectivity index (χ0v) is 17.7. The highest BCUT2D eigenvalue weighted by Gasteiger charge is 2.27. The molecule has 30 heavy (non-hydrogen) atoms. The highest BCUT2D eigenvalue weighted by molar-refractivity contribution is 6.01. The summed E-state index contributed by atoms with van der Waals surface area (Å²) in [4.78, 5) is 25.7. The third-order valence-corrected chi connectivity index (χ3v) is 5.44. The van der Waals surface area contributed by atoms with Crippen LogP contribution in [0.1, 0.15) is 51.0 Å². The standard InChI is InChI=1S/C23H26N2O5/c1-13-8-14(2)21(15(3)9-13)30-12-19(26)20-16(4)18(10-24)22(27)25(23(20)28)11-17-6-5-7-29-17/h8-9,17,28H,5-7,11-12H2,1-4H3.